The third-order valence-corrected chi connectivity index (χ3v) is 4.81. The lowest BCUT2D eigenvalue weighted by molar-refractivity contribution is 0.273. The van der Waals surface area contributed by atoms with Crippen LogP contribution in [0.4, 0.5) is 0 Å². The fraction of sp³-hybridized carbons (Fsp3) is 0.786. The minimum Gasteiger partial charge on any atom is -0.316 e. The molecule has 0 saturated heterocycles. The summed E-state index contributed by atoms with van der Waals surface area (Å²) in [6, 6.07) is 0. The summed E-state index contributed by atoms with van der Waals surface area (Å²) in [6.07, 6.45) is 7.60. The van der Waals surface area contributed by atoms with Crippen molar-refractivity contribution in [2.24, 2.45) is 11.8 Å². The summed E-state index contributed by atoms with van der Waals surface area (Å²) in [5, 5.41) is 6.95. The van der Waals surface area contributed by atoms with Gasteiger partial charge in [0.25, 0.3) is 0 Å². The predicted octanol–water partition coefficient (Wildman–Crippen LogP) is 3.66. The van der Waals surface area contributed by atoms with Crippen molar-refractivity contribution in [2.75, 3.05) is 13.1 Å². The lowest BCUT2D eigenvalue weighted by atomic mass is 9.82. The SMILES string of the molecule is CC1CCCC(CNCC(C)c2nccs2)C1. The van der Waals surface area contributed by atoms with Gasteiger partial charge in [-0.15, -0.1) is 11.3 Å². The average molecular weight is 252 g/mol. The summed E-state index contributed by atoms with van der Waals surface area (Å²) in [7, 11) is 0. The summed E-state index contributed by atoms with van der Waals surface area (Å²) in [4.78, 5) is 4.37. The van der Waals surface area contributed by atoms with E-state index in [1.165, 1.54) is 37.2 Å². The van der Waals surface area contributed by atoms with Crippen molar-refractivity contribution < 1.29 is 0 Å². The van der Waals surface area contributed by atoms with Crippen LogP contribution in [0.3, 0.4) is 0 Å². The van der Waals surface area contributed by atoms with Crippen molar-refractivity contribution in [1.82, 2.24) is 10.3 Å². The van der Waals surface area contributed by atoms with Crippen molar-refractivity contribution in [1.29, 1.82) is 0 Å². The van der Waals surface area contributed by atoms with Gasteiger partial charge in [-0.25, -0.2) is 4.98 Å². The fourth-order valence-electron chi connectivity index (χ4n) is 2.81. The molecule has 2 rings (SSSR count). The van der Waals surface area contributed by atoms with Crippen LogP contribution in [0, 0.1) is 11.8 Å². The number of nitrogens with zero attached hydrogens (tertiary/aromatic N) is 1. The van der Waals surface area contributed by atoms with Crippen LogP contribution >= 0.6 is 11.3 Å². The zero-order valence-corrected chi connectivity index (χ0v) is 11.8. The van der Waals surface area contributed by atoms with E-state index in [1.807, 2.05) is 6.20 Å². The molecule has 0 spiro atoms. The van der Waals surface area contributed by atoms with Crippen LogP contribution < -0.4 is 5.32 Å². The Morgan fingerprint density at radius 3 is 3.12 bits per heavy atom. The fourth-order valence-corrected chi connectivity index (χ4v) is 3.51. The Balaban J connectivity index is 1.65. The maximum atomic E-state index is 4.37. The normalized spacial score (nSPS) is 26.9. The minimum atomic E-state index is 0.552. The Labute approximate surface area is 109 Å². The molecule has 1 heterocycles. The van der Waals surface area contributed by atoms with Crippen molar-refractivity contribution in [3.63, 3.8) is 0 Å². The highest BCUT2D eigenvalue weighted by Crippen LogP contribution is 2.28. The van der Waals surface area contributed by atoms with Crippen molar-refractivity contribution in [2.45, 2.75) is 45.4 Å². The monoisotopic (exact) mass is 252 g/mol. The first-order valence-electron chi connectivity index (χ1n) is 6.85. The van der Waals surface area contributed by atoms with Crippen LogP contribution in [-0.4, -0.2) is 18.1 Å². The molecule has 17 heavy (non-hydrogen) atoms. The van der Waals surface area contributed by atoms with Crippen LogP contribution in [-0.2, 0) is 0 Å². The number of aromatic nitrogens is 1. The first-order chi connectivity index (χ1) is 8.25. The second-order valence-corrected chi connectivity index (χ2v) is 6.49. The summed E-state index contributed by atoms with van der Waals surface area (Å²) >= 11 is 1.77. The molecule has 1 aromatic rings. The van der Waals surface area contributed by atoms with Gasteiger partial charge in [-0.3, -0.25) is 0 Å². The molecule has 1 saturated carbocycles. The molecule has 1 N–H and O–H groups in total. The van der Waals surface area contributed by atoms with Gasteiger partial charge >= 0.3 is 0 Å². The zero-order valence-electron chi connectivity index (χ0n) is 11.0. The number of thiazole rings is 1. The van der Waals surface area contributed by atoms with Gasteiger partial charge in [0.15, 0.2) is 0 Å². The van der Waals surface area contributed by atoms with Crippen LogP contribution in [0.25, 0.3) is 0 Å². The number of rotatable bonds is 5. The molecular weight excluding hydrogens is 228 g/mol. The first kappa shape index (κ1) is 13.0. The third kappa shape index (κ3) is 4.07. The molecule has 3 atom stereocenters. The Bertz CT molecular complexity index is 310. The number of hydrogen-bond acceptors (Lipinski definition) is 3. The second-order valence-electron chi connectivity index (χ2n) is 5.57. The topological polar surface area (TPSA) is 24.9 Å². The van der Waals surface area contributed by atoms with Gasteiger partial charge in [0.2, 0.25) is 0 Å². The van der Waals surface area contributed by atoms with Gasteiger partial charge in [-0.05, 0) is 31.2 Å². The molecule has 0 amide bonds. The maximum absolute atomic E-state index is 4.37. The molecule has 1 aliphatic rings. The van der Waals surface area contributed by atoms with Gasteiger partial charge in [-0.1, -0.05) is 26.7 Å². The van der Waals surface area contributed by atoms with E-state index in [-0.39, 0.29) is 0 Å². The van der Waals surface area contributed by atoms with Crippen LogP contribution in [0.1, 0.15) is 50.5 Å². The summed E-state index contributed by atoms with van der Waals surface area (Å²) < 4.78 is 0. The van der Waals surface area contributed by atoms with Crippen molar-refractivity contribution in [3.05, 3.63) is 16.6 Å². The van der Waals surface area contributed by atoms with Gasteiger partial charge in [0.1, 0.15) is 0 Å². The third-order valence-electron chi connectivity index (χ3n) is 3.80. The number of hydrogen-bond donors (Lipinski definition) is 1. The van der Waals surface area contributed by atoms with Crippen LogP contribution in [0.2, 0.25) is 0 Å². The van der Waals surface area contributed by atoms with Gasteiger partial charge in [-0.2, -0.15) is 0 Å². The van der Waals surface area contributed by atoms with Gasteiger partial charge in [0, 0.05) is 24.0 Å². The zero-order chi connectivity index (χ0) is 12.1. The number of nitrogens with one attached hydrogen (secondary N) is 1. The molecule has 0 aliphatic heterocycles. The molecule has 1 aliphatic carbocycles. The molecule has 3 heteroatoms. The predicted molar refractivity (Wildman–Crippen MR) is 74.5 cm³/mol. The highest BCUT2D eigenvalue weighted by atomic mass is 32.1. The van der Waals surface area contributed by atoms with E-state index in [2.05, 4.69) is 29.5 Å². The molecule has 0 aromatic carbocycles. The van der Waals surface area contributed by atoms with E-state index < -0.39 is 0 Å². The molecule has 2 nitrogen and oxygen atoms in total. The van der Waals surface area contributed by atoms with E-state index in [1.54, 1.807) is 11.3 Å². The van der Waals surface area contributed by atoms with E-state index in [4.69, 9.17) is 0 Å². The van der Waals surface area contributed by atoms with Crippen LogP contribution in [0.5, 0.6) is 0 Å². The average Bonchev–Trinajstić information content (AvgIpc) is 2.82. The minimum absolute atomic E-state index is 0.552. The molecule has 96 valence electrons. The van der Waals surface area contributed by atoms with Crippen molar-refractivity contribution >= 4 is 11.3 Å². The lowest BCUT2D eigenvalue weighted by Gasteiger charge is -2.27. The highest BCUT2D eigenvalue weighted by molar-refractivity contribution is 7.09. The molecule has 3 unspecified atom stereocenters. The molecule has 0 bridgehead atoms. The quantitative estimate of drug-likeness (QED) is 0.865. The highest BCUT2D eigenvalue weighted by Gasteiger charge is 2.18. The smallest absolute Gasteiger partial charge is 0.0965 e. The second kappa shape index (κ2) is 6.50. The Morgan fingerprint density at radius 1 is 1.53 bits per heavy atom. The largest absolute Gasteiger partial charge is 0.316 e. The van der Waals surface area contributed by atoms with Crippen molar-refractivity contribution in [3.8, 4) is 0 Å². The molecular formula is C14H24N2S. The Morgan fingerprint density at radius 2 is 2.41 bits per heavy atom. The lowest BCUT2D eigenvalue weighted by Crippen LogP contribution is -2.29. The van der Waals surface area contributed by atoms with E-state index >= 15 is 0 Å². The van der Waals surface area contributed by atoms with Gasteiger partial charge in [0.05, 0.1) is 5.01 Å². The molecule has 1 aromatic heterocycles. The summed E-state index contributed by atoms with van der Waals surface area (Å²) in [5.41, 5.74) is 0. The summed E-state index contributed by atoms with van der Waals surface area (Å²) in [6.45, 7) is 6.91. The molecule has 1 fully saturated rings. The summed E-state index contributed by atoms with van der Waals surface area (Å²) in [5.74, 6) is 2.39. The van der Waals surface area contributed by atoms with E-state index in [0.717, 1.165) is 18.4 Å². The van der Waals surface area contributed by atoms with Crippen LogP contribution in [0.15, 0.2) is 11.6 Å². The standard InChI is InChI=1S/C14H24N2S/c1-11-4-3-5-13(8-11)10-15-9-12(2)14-16-6-7-17-14/h6-7,11-13,15H,3-5,8-10H2,1-2H3. The van der Waals surface area contributed by atoms with E-state index in [9.17, 15) is 0 Å². The Kier molecular flexibility index (Phi) is 4.99. The van der Waals surface area contributed by atoms with E-state index in [0.29, 0.717) is 5.92 Å². The maximum Gasteiger partial charge on any atom is 0.0965 e. The molecule has 0 radical (unpaired) electrons. The van der Waals surface area contributed by atoms with Gasteiger partial charge < -0.3 is 5.32 Å². The first-order valence-corrected chi connectivity index (χ1v) is 7.73. The Hall–Kier alpha value is -0.410.